The Bertz CT molecular complexity index is 549. The van der Waals surface area contributed by atoms with Crippen molar-refractivity contribution in [3.63, 3.8) is 0 Å². The topological polar surface area (TPSA) is 47.3 Å². The molecule has 0 aromatic heterocycles. The van der Waals surface area contributed by atoms with Crippen LogP contribution in [0.1, 0.15) is 18.0 Å². The van der Waals surface area contributed by atoms with Crippen molar-refractivity contribution in [2.45, 2.75) is 12.5 Å². The van der Waals surface area contributed by atoms with Gasteiger partial charge in [0.2, 0.25) is 0 Å². The van der Waals surface area contributed by atoms with Crippen molar-refractivity contribution in [3.05, 3.63) is 64.1 Å². The lowest BCUT2D eigenvalue weighted by molar-refractivity contribution is 0.287. The fourth-order valence-electron chi connectivity index (χ4n) is 1.92. The summed E-state index contributed by atoms with van der Waals surface area (Å²) in [6.45, 7) is 0.529. The van der Waals surface area contributed by atoms with Gasteiger partial charge in [0.05, 0.1) is 12.6 Å². The maximum atomic E-state index is 6.17. The fourth-order valence-corrected chi connectivity index (χ4v) is 2.35. The molecule has 2 rings (SSSR count). The van der Waals surface area contributed by atoms with Gasteiger partial charge in [-0.2, -0.15) is 0 Å². The van der Waals surface area contributed by atoms with E-state index in [0.29, 0.717) is 23.1 Å². The normalized spacial score (nSPS) is 12.2. The highest BCUT2D eigenvalue weighted by atomic mass is 35.5. The highest BCUT2D eigenvalue weighted by molar-refractivity contribution is 6.33. The first-order valence-electron chi connectivity index (χ1n) is 6.29. The number of nitrogens with two attached hydrogens (primary N) is 1. The largest absolute Gasteiger partial charge is 0.494 e. The molecule has 20 heavy (non-hydrogen) atoms. The second-order valence-corrected chi connectivity index (χ2v) is 5.18. The van der Waals surface area contributed by atoms with Gasteiger partial charge in [0.1, 0.15) is 5.75 Å². The zero-order valence-electron chi connectivity index (χ0n) is 10.9. The Morgan fingerprint density at radius 3 is 2.55 bits per heavy atom. The molecule has 0 radical (unpaired) electrons. The highest BCUT2D eigenvalue weighted by Gasteiger charge is 2.14. The number of para-hydroxylation sites is 1. The lowest BCUT2D eigenvalue weighted by Gasteiger charge is -2.18. The molecule has 0 aliphatic carbocycles. The number of rotatable bonds is 6. The second-order valence-electron chi connectivity index (χ2n) is 4.34. The van der Waals surface area contributed by atoms with Crippen molar-refractivity contribution in [2.24, 2.45) is 5.84 Å². The van der Waals surface area contributed by atoms with Crippen LogP contribution >= 0.6 is 23.2 Å². The number of ether oxygens (including phenoxy) is 1. The summed E-state index contributed by atoms with van der Waals surface area (Å²) < 4.78 is 5.66. The summed E-state index contributed by atoms with van der Waals surface area (Å²) in [5.41, 5.74) is 3.62. The van der Waals surface area contributed by atoms with E-state index in [1.54, 1.807) is 12.1 Å². The van der Waals surface area contributed by atoms with Crippen molar-refractivity contribution in [1.82, 2.24) is 5.43 Å². The van der Waals surface area contributed by atoms with E-state index in [1.165, 1.54) is 0 Å². The zero-order valence-corrected chi connectivity index (χ0v) is 12.4. The lowest BCUT2D eigenvalue weighted by atomic mass is 10.0. The van der Waals surface area contributed by atoms with Gasteiger partial charge in [-0.05, 0) is 35.9 Å². The van der Waals surface area contributed by atoms with Gasteiger partial charge < -0.3 is 4.74 Å². The Kier molecular flexibility index (Phi) is 5.68. The van der Waals surface area contributed by atoms with Crippen LogP contribution in [0.15, 0.2) is 48.5 Å². The maximum absolute atomic E-state index is 6.17. The molecule has 0 fully saturated rings. The van der Waals surface area contributed by atoms with Crippen LogP contribution in [-0.4, -0.2) is 6.61 Å². The molecule has 5 heteroatoms. The summed E-state index contributed by atoms with van der Waals surface area (Å²) in [4.78, 5) is 0. The molecule has 2 aromatic carbocycles. The fraction of sp³-hybridized carbons (Fsp3) is 0.200. The molecule has 0 aliphatic rings. The van der Waals surface area contributed by atoms with Crippen molar-refractivity contribution < 1.29 is 4.74 Å². The van der Waals surface area contributed by atoms with E-state index < -0.39 is 0 Å². The summed E-state index contributed by atoms with van der Waals surface area (Å²) in [5, 5.41) is 1.27. The van der Waals surface area contributed by atoms with Crippen molar-refractivity contribution in [2.75, 3.05) is 6.61 Å². The van der Waals surface area contributed by atoms with Gasteiger partial charge in [-0.15, -0.1) is 0 Å². The van der Waals surface area contributed by atoms with E-state index in [4.69, 9.17) is 33.8 Å². The number of benzene rings is 2. The minimum absolute atomic E-state index is 0.107. The van der Waals surface area contributed by atoms with Crippen molar-refractivity contribution in [1.29, 1.82) is 0 Å². The number of hydrazine groups is 1. The minimum Gasteiger partial charge on any atom is -0.494 e. The van der Waals surface area contributed by atoms with E-state index in [-0.39, 0.29) is 6.04 Å². The third-order valence-electron chi connectivity index (χ3n) is 2.95. The molecule has 106 valence electrons. The Hall–Kier alpha value is -1.26. The van der Waals surface area contributed by atoms with E-state index in [2.05, 4.69) is 5.43 Å². The number of nitrogens with one attached hydrogen (secondary N) is 1. The molecule has 0 spiro atoms. The molecule has 0 saturated carbocycles. The number of hydrogen-bond donors (Lipinski definition) is 2. The smallest absolute Gasteiger partial charge is 0.119 e. The summed E-state index contributed by atoms with van der Waals surface area (Å²) in [5.74, 6) is 6.43. The maximum Gasteiger partial charge on any atom is 0.119 e. The molecule has 2 aromatic rings. The molecule has 1 unspecified atom stereocenters. The SMILES string of the molecule is NNC(CCOc1ccccc1)c1cc(Cl)ccc1Cl. The van der Waals surface area contributed by atoms with Crippen LogP contribution in [0.2, 0.25) is 10.0 Å². The quantitative estimate of drug-likeness (QED) is 0.627. The minimum atomic E-state index is -0.107. The van der Waals surface area contributed by atoms with E-state index in [1.807, 2.05) is 36.4 Å². The third kappa shape index (κ3) is 4.12. The molecular weight excluding hydrogens is 295 g/mol. The van der Waals surface area contributed by atoms with Crippen LogP contribution in [0.3, 0.4) is 0 Å². The third-order valence-corrected chi connectivity index (χ3v) is 3.53. The standard InChI is InChI=1S/C15H16Cl2N2O/c16-11-6-7-14(17)13(10-11)15(19-18)8-9-20-12-4-2-1-3-5-12/h1-7,10,15,19H,8-9,18H2. The monoisotopic (exact) mass is 310 g/mol. The predicted molar refractivity (Wildman–Crippen MR) is 83.1 cm³/mol. The molecule has 3 nitrogen and oxygen atoms in total. The van der Waals surface area contributed by atoms with Crippen LogP contribution in [-0.2, 0) is 0 Å². The first-order chi connectivity index (χ1) is 9.70. The van der Waals surface area contributed by atoms with Gasteiger partial charge in [0.25, 0.3) is 0 Å². The Morgan fingerprint density at radius 2 is 1.85 bits per heavy atom. The van der Waals surface area contributed by atoms with Gasteiger partial charge in [-0.1, -0.05) is 41.4 Å². The van der Waals surface area contributed by atoms with Crippen LogP contribution in [0.25, 0.3) is 0 Å². The van der Waals surface area contributed by atoms with Crippen LogP contribution in [0, 0.1) is 0 Å². The van der Waals surface area contributed by atoms with Crippen LogP contribution in [0.4, 0.5) is 0 Å². The molecule has 0 saturated heterocycles. The first-order valence-corrected chi connectivity index (χ1v) is 7.05. The molecule has 0 bridgehead atoms. The second kappa shape index (κ2) is 7.50. The molecule has 0 aliphatic heterocycles. The summed E-state index contributed by atoms with van der Waals surface area (Å²) in [6, 6.07) is 14.9. The van der Waals surface area contributed by atoms with Crippen LogP contribution in [0.5, 0.6) is 5.75 Å². The average Bonchev–Trinajstić information content (AvgIpc) is 2.48. The van der Waals surface area contributed by atoms with E-state index in [9.17, 15) is 0 Å². The summed E-state index contributed by atoms with van der Waals surface area (Å²) in [6.07, 6.45) is 0.686. The summed E-state index contributed by atoms with van der Waals surface area (Å²) in [7, 11) is 0. The molecule has 0 heterocycles. The highest BCUT2D eigenvalue weighted by Crippen LogP contribution is 2.28. The molecule has 3 N–H and O–H groups in total. The van der Waals surface area contributed by atoms with Crippen molar-refractivity contribution in [3.8, 4) is 5.75 Å². The Labute approximate surface area is 128 Å². The van der Waals surface area contributed by atoms with Gasteiger partial charge in [-0.3, -0.25) is 11.3 Å². The van der Waals surface area contributed by atoms with E-state index in [0.717, 1.165) is 11.3 Å². The predicted octanol–water partition coefficient (Wildman–Crippen LogP) is 3.97. The average molecular weight is 311 g/mol. The number of halogens is 2. The van der Waals surface area contributed by atoms with Gasteiger partial charge in [-0.25, -0.2) is 0 Å². The van der Waals surface area contributed by atoms with E-state index >= 15 is 0 Å². The van der Waals surface area contributed by atoms with Crippen molar-refractivity contribution >= 4 is 23.2 Å². The lowest BCUT2D eigenvalue weighted by Crippen LogP contribution is -2.29. The Balaban J connectivity index is 1.97. The molecule has 0 amide bonds. The van der Waals surface area contributed by atoms with Gasteiger partial charge >= 0.3 is 0 Å². The number of hydrogen-bond acceptors (Lipinski definition) is 3. The Morgan fingerprint density at radius 1 is 1.10 bits per heavy atom. The van der Waals surface area contributed by atoms with Gasteiger partial charge in [0, 0.05) is 16.5 Å². The first kappa shape index (κ1) is 15.1. The molecular formula is C15H16Cl2N2O. The summed E-state index contributed by atoms with van der Waals surface area (Å²) >= 11 is 12.2. The van der Waals surface area contributed by atoms with Crippen LogP contribution < -0.4 is 16.0 Å². The van der Waals surface area contributed by atoms with Gasteiger partial charge in [0.15, 0.2) is 0 Å². The zero-order chi connectivity index (χ0) is 14.4. The molecule has 1 atom stereocenters.